The smallest absolute Gasteiger partial charge is 0.280 e. The highest BCUT2D eigenvalue weighted by Crippen LogP contribution is 2.35. The van der Waals surface area contributed by atoms with Crippen molar-refractivity contribution < 1.29 is 4.79 Å². The van der Waals surface area contributed by atoms with Gasteiger partial charge in [0.25, 0.3) is 5.91 Å². The average molecular weight is 302 g/mol. The Morgan fingerprint density at radius 1 is 1.43 bits per heavy atom. The van der Waals surface area contributed by atoms with Crippen molar-refractivity contribution in [2.24, 2.45) is 0 Å². The van der Waals surface area contributed by atoms with Crippen molar-refractivity contribution in [1.82, 2.24) is 10.2 Å². The zero-order valence-corrected chi connectivity index (χ0v) is 12.9. The number of H-pyrrole nitrogens is 1. The molecule has 2 heterocycles. The van der Waals surface area contributed by atoms with Gasteiger partial charge in [0.1, 0.15) is 0 Å². The third-order valence-corrected chi connectivity index (χ3v) is 4.63. The topological polar surface area (TPSA) is 75.0 Å². The molecule has 0 unspecified atom stereocenters. The zero-order valence-electron chi connectivity index (χ0n) is 12.1. The second-order valence-electron chi connectivity index (χ2n) is 5.33. The van der Waals surface area contributed by atoms with Crippen LogP contribution in [0.15, 0.2) is 29.2 Å². The fraction of sp³-hybridized carbons (Fsp3) is 0.333. The number of carbonyl (C=O) groups excluding carboxylic acids is 1. The zero-order chi connectivity index (χ0) is 15.0. The van der Waals surface area contributed by atoms with Gasteiger partial charge in [0.15, 0.2) is 5.69 Å². The number of hydrogen-bond donors (Lipinski definition) is 2. The molecule has 0 saturated carbocycles. The second kappa shape index (κ2) is 5.44. The minimum absolute atomic E-state index is 0.136. The number of aromatic amines is 1. The Bertz CT molecular complexity index is 680. The van der Waals surface area contributed by atoms with E-state index in [2.05, 4.69) is 10.2 Å². The van der Waals surface area contributed by atoms with Gasteiger partial charge in [-0.15, -0.1) is 11.8 Å². The lowest BCUT2D eigenvalue weighted by Crippen LogP contribution is -2.36. The van der Waals surface area contributed by atoms with E-state index in [1.165, 1.54) is 0 Å². The van der Waals surface area contributed by atoms with Crippen LogP contribution in [0, 0.1) is 0 Å². The van der Waals surface area contributed by atoms with Crippen molar-refractivity contribution in [2.45, 2.75) is 24.7 Å². The Morgan fingerprint density at radius 2 is 2.19 bits per heavy atom. The van der Waals surface area contributed by atoms with Gasteiger partial charge in [-0.05, 0) is 18.1 Å². The summed E-state index contributed by atoms with van der Waals surface area (Å²) in [6.07, 6.45) is 0. The molecule has 6 heteroatoms. The number of para-hydroxylation sites is 1. The molecule has 1 aliphatic heterocycles. The summed E-state index contributed by atoms with van der Waals surface area (Å²) in [5, 5.41) is 7.03. The Morgan fingerprint density at radius 3 is 2.90 bits per heavy atom. The lowest BCUT2D eigenvalue weighted by molar-refractivity contribution is 0.0983. The molecular formula is C15H18N4OS. The number of thioether (sulfide) groups is 1. The van der Waals surface area contributed by atoms with Gasteiger partial charge in [0, 0.05) is 17.2 Å². The van der Waals surface area contributed by atoms with Crippen LogP contribution < -0.4 is 10.6 Å². The number of aromatic nitrogens is 2. The van der Waals surface area contributed by atoms with E-state index in [1.54, 1.807) is 16.7 Å². The summed E-state index contributed by atoms with van der Waals surface area (Å²) >= 11 is 1.77. The van der Waals surface area contributed by atoms with E-state index in [0.717, 1.165) is 22.0 Å². The van der Waals surface area contributed by atoms with Gasteiger partial charge < -0.3 is 10.6 Å². The fourth-order valence-corrected chi connectivity index (χ4v) is 3.47. The molecule has 0 bridgehead atoms. The van der Waals surface area contributed by atoms with E-state index < -0.39 is 0 Å². The van der Waals surface area contributed by atoms with E-state index in [1.807, 2.05) is 38.1 Å². The Hall–Kier alpha value is -1.95. The summed E-state index contributed by atoms with van der Waals surface area (Å²) in [5.74, 6) is 0.955. The van der Waals surface area contributed by atoms with E-state index in [4.69, 9.17) is 5.73 Å². The average Bonchev–Trinajstić information content (AvgIpc) is 2.88. The Balaban J connectivity index is 1.97. The molecule has 1 aromatic carbocycles. The maximum atomic E-state index is 12.8. The molecule has 0 spiro atoms. The molecule has 0 aliphatic carbocycles. The number of nitrogens with one attached hydrogen (secondary N) is 1. The van der Waals surface area contributed by atoms with E-state index in [0.29, 0.717) is 17.9 Å². The highest BCUT2D eigenvalue weighted by atomic mass is 32.2. The summed E-state index contributed by atoms with van der Waals surface area (Å²) in [5.41, 5.74) is 8.62. The van der Waals surface area contributed by atoms with Crippen LogP contribution in [0.1, 0.15) is 35.9 Å². The maximum Gasteiger partial charge on any atom is 0.280 e. The number of nitrogens with two attached hydrogens (primary N) is 1. The summed E-state index contributed by atoms with van der Waals surface area (Å²) in [4.78, 5) is 15.7. The molecule has 3 N–H and O–H groups in total. The van der Waals surface area contributed by atoms with Crippen molar-refractivity contribution in [3.8, 4) is 0 Å². The van der Waals surface area contributed by atoms with Gasteiger partial charge in [-0.1, -0.05) is 26.0 Å². The normalized spacial score (nSPS) is 14.3. The molecule has 5 nitrogen and oxygen atoms in total. The van der Waals surface area contributed by atoms with Crippen molar-refractivity contribution in [1.29, 1.82) is 0 Å². The number of hydrogen-bond acceptors (Lipinski definition) is 4. The standard InChI is InChI=1S/C15H18N4OS/c1-9(2)13-12(16)14(18-17-13)15(20)19-7-8-21-11-6-4-3-5-10(11)19/h3-6,9H,7-8,16H2,1-2H3,(H,17,18). The minimum Gasteiger partial charge on any atom is -0.395 e. The van der Waals surface area contributed by atoms with Crippen LogP contribution in [-0.2, 0) is 0 Å². The van der Waals surface area contributed by atoms with Gasteiger partial charge in [0.2, 0.25) is 0 Å². The lowest BCUT2D eigenvalue weighted by Gasteiger charge is -2.28. The van der Waals surface area contributed by atoms with Crippen molar-refractivity contribution in [2.75, 3.05) is 22.9 Å². The number of carbonyl (C=O) groups is 1. The van der Waals surface area contributed by atoms with Crippen LogP contribution in [0.5, 0.6) is 0 Å². The van der Waals surface area contributed by atoms with Crippen LogP contribution in [0.4, 0.5) is 11.4 Å². The number of rotatable bonds is 2. The first-order valence-corrected chi connectivity index (χ1v) is 7.95. The largest absolute Gasteiger partial charge is 0.395 e. The van der Waals surface area contributed by atoms with Gasteiger partial charge in [-0.2, -0.15) is 5.10 Å². The van der Waals surface area contributed by atoms with Crippen LogP contribution in [-0.4, -0.2) is 28.4 Å². The van der Waals surface area contributed by atoms with Crippen LogP contribution >= 0.6 is 11.8 Å². The first-order chi connectivity index (χ1) is 10.1. The monoisotopic (exact) mass is 302 g/mol. The molecule has 21 heavy (non-hydrogen) atoms. The molecule has 2 aromatic rings. The Labute approximate surface area is 127 Å². The highest BCUT2D eigenvalue weighted by Gasteiger charge is 2.28. The summed E-state index contributed by atoms with van der Waals surface area (Å²) in [6, 6.07) is 7.93. The van der Waals surface area contributed by atoms with Crippen LogP contribution in [0.2, 0.25) is 0 Å². The molecule has 0 fully saturated rings. The van der Waals surface area contributed by atoms with Gasteiger partial charge in [0.05, 0.1) is 17.1 Å². The van der Waals surface area contributed by atoms with E-state index in [9.17, 15) is 4.79 Å². The predicted molar refractivity (Wildman–Crippen MR) is 85.9 cm³/mol. The number of nitrogens with zero attached hydrogens (tertiary/aromatic N) is 2. The Kier molecular flexibility index (Phi) is 3.63. The van der Waals surface area contributed by atoms with Crippen LogP contribution in [0.3, 0.4) is 0 Å². The molecule has 0 atom stereocenters. The minimum atomic E-state index is -0.136. The summed E-state index contributed by atoms with van der Waals surface area (Å²) in [6.45, 7) is 4.71. The molecule has 3 rings (SSSR count). The van der Waals surface area contributed by atoms with Crippen molar-refractivity contribution in [3.63, 3.8) is 0 Å². The molecule has 1 aromatic heterocycles. The second-order valence-corrected chi connectivity index (χ2v) is 6.46. The predicted octanol–water partition coefficient (Wildman–Crippen LogP) is 2.87. The van der Waals surface area contributed by atoms with Gasteiger partial charge in [-0.25, -0.2) is 0 Å². The van der Waals surface area contributed by atoms with Crippen LogP contribution in [0.25, 0.3) is 0 Å². The first-order valence-electron chi connectivity index (χ1n) is 6.97. The van der Waals surface area contributed by atoms with Crippen molar-refractivity contribution >= 4 is 29.0 Å². The SMILES string of the molecule is CC(C)c1[nH]nc(C(=O)N2CCSc3ccccc32)c1N. The van der Waals surface area contributed by atoms with Gasteiger partial charge >= 0.3 is 0 Å². The molecule has 0 radical (unpaired) electrons. The fourth-order valence-electron chi connectivity index (χ4n) is 2.48. The summed E-state index contributed by atoms with van der Waals surface area (Å²) in [7, 11) is 0. The molecule has 110 valence electrons. The van der Waals surface area contributed by atoms with Gasteiger partial charge in [-0.3, -0.25) is 9.89 Å². The summed E-state index contributed by atoms with van der Waals surface area (Å²) < 4.78 is 0. The quantitative estimate of drug-likeness (QED) is 0.894. The van der Waals surface area contributed by atoms with E-state index >= 15 is 0 Å². The number of fused-ring (bicyclic) bond motifs is 1. The maximum absolute atomic E-state index is 12.8. The number of anilines is 2. The molecule has 1 amide bonds. The highest BCUT2D eigenvalue weighted by molar-refractivity contribution is 7.99. The molecular weight excluding hydrogens is 284 g/mol. The lowest BCUT2D eigenvalue weighted by atomic mass is 10.1. The third kappa shape index (κ3) is 2.40. The molecule has 0 saturated heterocycles. The number of nitrogen functional groups attached to an aromatic ring is 1. The third-order valence-electron chi connectivity index (χ3n) is 3.59. The van der Waals surface area contributed by atoms with E-state index in [-0.39, 0.29) is 11.8 Å². The number of benzene rings is 1. The molecule has 1 aliphatic rings. The first kappa shape index (κ1) is 14.0. The van der Waals surface area contributed by atoms with Crippen molar-refractivity contribution in [3.05, 3.63) is 35.7 Å². The number of amides is 1.